The second kappa shape index (κ2) is 11.6. The number of alkyl carbamates (subject to hydrolysis) is 2. The second-order valence-corrected chi connectivity index (χ2v) is 9.32. The van der Waals surface area contributed by atoms with Crippen LogP contribution in [-0.4, -0.2) is 72.5 Å². The number of carbonyl (C=O) groups excluding carboxylic acids is 3. The first-order valence-corrected chi connectivity index (χ1v) is 11.6. The summed E-state index contributed by atoms with van der Waals surface area (Å²) >= 11 is 0. The molecule has 0 fully saturated rings. The van der Waals surface area contributed by atoms with Crippen LogP contribution in [0.4, 0.5) is 9.59 Å². The van der Waals surface area contributed by atoms with Gasteiger partial charge in [-0.15, -0.1) is 0 Å². The summed E-state index contributed by atoms with van der Waals surface area (Å²) in [4.78, 5) is 48.8. The highest BCUT2D eigenvalue weighted by atomic mass is 16.6. The Balaban J connectivity index is 1.50. The van der Waals surface area contributed by atoms with E-state index in [0.29, 0.717) is 0 Å². The van der Waals surface area contributed by atoms with E-state index in [-0.39, 0.29) is 25.6 Å². The number of carboxylic acids is 1. The van der Waals surface area contributed by atoms with E-state index in [4.69, 9.17) is 14.6 Å². The van der Waals surface area contributed by atoms with Gasteiger partial charge >= 0.3 is 18.2 Å². The first-order chi connectivity index (χ1) is 17.0. The molecule has 3 N–H and O–H groups in total. The van der Waals surface area contributed by atoms with Crippen LogP contribution >= 0.6 is 0 Å². The van der Waals surface area contributed by atoms with Gasteiger partial charge < -0.3 is 30.1 Å². The fourth-order valence-electron chi connectivity index (χ4n) is 3.97. The topological polar surface area (TPSA) is 134 Å². The molecule has 192 valence electrons. The number of nitrogens with zero attached hydrogens (tertiary/aromatic N) is 1. The molecule has 3 rings (SSSR count). The fraction of sp³-hybridized carbons (Fsp3) is 0.385. The SMILES string of the molecule is CC(C)(C)OC(=O)NCCN(CC(=O)O)C(=O)CNC(=O)OCC1c2ccccc2-c2ccccc21. The fourth-order valence-corrected chi connectivity index (χ4v) is 3.97. The third kappa shape index (κ3) is 7.21. The number of hydrogen-bond donors (Lipinski definition) is 3. The first kappa shape index (κ1) is 26.5. The van der Waals surface area contributed by atoms with Crippen LogP contribution in [0, 0.1) is 0 Å². The van der Waals surface area contributed by atoms with E-state index in [1.54, 1.807) is 20.8 Å². The van der Waals surface area contributed by atoms with Gasteiger partial charge in [-0.25, -0.2) is 9.59 Å². The molecule has 0 saturated heterocycles. The van der Waals surface area contributed by atoms with E-state index >= 15 is 0 Å². The lowest BCUT2D eigenvalue weighted by molar-refractivity contribution is -0.144. The molecular weight excluding hydrogens is 466 g/mol. The molecule has 2 aromatic rings. The maximum Gasteiger partial charge on any atom is 0.407 e. The Morgan fingerprint density at radius 1 is 0.917 bits per heavy atom. The molecule has 0 atom stereocenters. The van der Waals surface area contributed by atoms with Crippen molar-refractivity contribution >= 4 is 24.1 Å². The predicted octanol–water partition coefficient (Wildman–Crippen LogP) is 2.96. The van der Waals surface area contributed by atoms with Gasteiger partial charge in [-0.3, -0.25) is 9.59 Å². The largest absolute Gasteiger partial charge is 0.480 e. The summed E-state index contributed by atoms with van der Waals surface area (Å²) < 4.78 is 10.5. The normalized spacial score (nSPS) is 12.2. The van der Waals surface area contributed by atoms with Crippen molar-refractivity contribution in [3.8, 4) is 11.1 Å². The van der Waals surface area contributed by atoms with Crippen molar-refractivity contribution in [1.29, 1.82) is 0 Å². The van der Waals surface area contributed by atoms with Crippen LogP contribution in [-0.2, 0) is 19.1 Å². The van der Waals surface area contributed by atoms with Gasteiger partial charge in [-0.05, 0) is 43.0 Å². The Morgan fingerprint density at radius 2 is 1.50 bits per heavy atom. The monoisotopic (exact) mass is 497 g/mol. The maximum atomic E-state index is 12.5. The Kier molecular flexibility index (Phi) is 8.52. The minimum Gasteiger partial charge on any atom is -0.480 e. The third-order valence-corrected chi connectivity index (χ3v) is 5.46. The minimum atomic E-state index is -1.22. The molecule has 36 heavy (non-hydrogen) atoms. The highest BCUT2D eigenvalue weighted by molar-refractivity contribution is 5.85. The Labute approximate surface area is 209 Å². The highest BCUT2D eigenvalue weighted by Gasteiger charge is 2.29. The van der Waals surface area contributed by atoms with Crippen LogP contribution in [0.5, 0.6) is 0 Å². The van der Waals surface area contributed by atoms with Crippen molar-refractivity contribution in [3.05, 3.63) is 59.7 Å². The lowest BCUT2D eigenvalue weighted by Gasteiger charge is -2.23. The smallest absolute Gasteiger partial charge is 0.407 e. The number of benzene rings is 2. The number of hydrogen-bond acceptors (Lipinski definition) is 6. The molecule has 1 aliphatic rings. The number of nitrogens with one attached hydrogen (secondary N) is 2. The average molecular weight is 498 g/mol. The summed E-state index contributed by atoms with van der Waals surface area (Å²) in [6.07, 6.45) is -1.46. The van der Waals surface area contributed by atoms with E-state index in [2.05, 4.69) is 10.6 Å². The van der Waals surface area contributed by atoms with E-state index in [1.807, 2.05) is 48.5 Å². The van der Waals surface area contributed by atoms with Gasteiger partial charge in [-0.2, -0.15) is 0 Å². The van der Waals surface area contributed by atoms with Crippen LogP contribution in [0.25, 0.3) is 11.1 Å². The third-order valence-electron chi connectivity index (χ3n) is 5.46. The summed E-state index contributed by atoms with van der Waals surface area (Å²) in [6, 6.07) is 15.9. The number of carbonyl (C=O) groups is 4. The quantitative estimate of drug-likeness (QED) is 0.485. The number of fused-ring (bicyclic) bond motifs is 3. The zero-order valence-electron chi connectivity index (χ0n) is 20.6. The number of amides is 3. The minimum absolute atomic E-state index is 0.0150. The molecule has 3 amide bonds. The van der Waals surface area contributed by atoms with Crippen molar-refractivity contribution in [3.63, 3.8) is 0 Å². The van der Waals surface area contributed by atoms with E-state index in [1.165, 1.54) is 0 Å². The van der Waals surface area contributed by atoms with Gasteiger partial charge in [0.05, 0.1) is 0 Å². The summed E-state index contributed by atoms with van der Waals surface area (Å²) in [7, 11) is 0. The molecule has 0 unspecified atom stereocenters. The molecule has 2 aromatic carbocycles. The Hall–Kier alpha value is -4.08. The van der Waals surface area contributed by atoms with Gasteiger partial charge in [0.1, 0.15) is 25.3 Å². The van der Waals surface area contributed by atoms with Crippen molar-refractivity contribution in [2.24, 2.45) is 0 Å². The molecule has 0 heterocycles. The molecular formula is C26H31N3O7. The first-order valence-electron chi connectivity index (χ1n) is 11.6. The van der Waals surface area contributed by atoms with Crippen molar-refractivity contribution < 1.29 is 33.8 Å². The molecule has 0 aliphatic heterocycles. The Bertz CT molecular complexity index is 1080. The lowest BCUT2D eigenvalue weighted by atomic mass is 9.98. The van der Waals surface area contributed by atoms with Crippen LogP contribution in [0.2, 0.25) is 0 Å². The van der Waals surface area contributed by atoms with Crippen LogP contribution in [0.1, 0.15) is 37.8 Å². The highest BCUT2D eigenvalue weighted by Crippen LogP contribution is 2.44. The van der Waals surface area contributed by atoms with Crippen molar-refractivity contribution in [1.82, 2.24) is 15.5 Å². The predicted molar refractivity (Wildman–Crippen MR) is 132 cm³/mol. The van der Waals surface area contributed by atoms with Gasteiger partial charge in [-0.1, -0.05) is 48.5 Å². The zero-order valence-corrected chi connectivity index (χ0v) is 20.6. The van der Waals surface area contributed by atoms with E-state index in [9.17, 15) is 19.2 Å². The summed E-state index contributed by atoms with van der Waals surface area (Å²) in [5.74, 6) is -1.97. The van der Waals surface area contributed by atoms with E-state index < -0.39 is 42.8 Å². The summed E-state index contributed by atoms with van der Waals surface area (Å²) in [5, 5.41) is 14.0. The van der Waals surface area contributed by atoms with E-state index in [0.717, 1.165) is 27.2 Å². The van der Waals surface area contributed by atoms with Crippen molar-refractivity contribution in [2.75, 3.05) is 32.8 Å². The summed E-state index contributed by atoms with van der Waals surface area (Å²) in [5.41, 5.74) is 3.64. The molecule has 0 saturated carbocycles. The average Bonchev–Trinajstić information content (AvgIpc) is 3.13. The molecule has 0 radical (unpaired) electrons. The van der Waals surface area contributed by atoms with Crippen LogP contribution in [0.3, 0.4) is 0 Å². The zero-order chi connectivity index (χ0) is 26.3. The second-order valence-electron chi connectivity index (χ2n) is 9.32. The van der Waals surface area contributed by atoms with Gasteiger partial charge in [0.2, 0.25) is 5.91 Å². The van der Waals surface area contributed by atoms with Crippen LogP contribution in [0.15, 0.2) is 48.5 Å². The Morgan fingerprint density at radius 3 is 2.06 bits per heavy atom. The molecule has 1 aliphatic carbocycles. The molecule has 0 bridgehead atoms. The molecule has 10 nitrogen and oxygen atoms in total. The van der Waals surface area contributed by atoms with Gasteiger partial charge in [0, 0.05) is 19.0 Å². The molecule has 0 aromatic heterocycles. The number of carboxylic acid groups (broad SMARTS) is 1. The summed E-state index contributed by atoms with van der Waals surface area (Å²) in [6.45, 7) is 4.10. The number of ether oxygens (including phenoxy) is 2. The van der Waals surface area contributed by atoms with Gasteiger partial charge in [0.25, 0.3) is 0 Å². The lowest BCUT2D eigenvalue weighted by Crippen LogP contribution is -2.46. The van der Waals surface area contributed by atoms with Crippen molar-refractivity contribution in [2.45, 2.75) is 32.3 Å². The molecule has 0 spiro atoms. The number of rotatable bonds is 9. The number of aliphatic carboxylic acids is 1. The molecule has 10 heteroatoms. The van der Waals surface area contributed by atoms with Crippen LogP contribution < -0.4 is 10.6 Å². The standard InChI is InChI=1S/C26H31N3O7/c1-26(2,3)36-25(34)27-12-13-29(15-23(31)32)22(30)14-28-24(33)35-16-21-19-10-6-4-8-17(19)18-9-5-7-11-20(18)21/h4-11,21H,12-16H2,1-3H3,(H,27,34)(H,28,33)(H,31,32). The van der Waals surface area contributed by atoms with Gasteiger partial charge in [0.15, 0.2) is 0 Å². The maximum absolute atomic E-state index is 12.5.